The van der Waals surface area contributed by atoms with Gasteiger partial charge in [-0.3, -0.25) is 9.78 Å². The summed E-state index contributed by atoms with van der Waals surface area (Å²) in [5, 5.41) is 0. The average Bonchev–Trinajstić information content (AvgIpc) is 2.48. The highest BCUT2D eigenvalue weighted by Gasteiger charge is 2.16. The van der Waals surface area contributed by atoms with Crippen molar-refractivity contribution < 1.29 is 4.79 Å². The first-order valence-electron chi connectivity index (χ1n) is 6.52. The lowest BCUT2D eigenvalue weighted by atomic mass is 10.2. The summed E-state index contributed by atoms with van der Waals surface area (Å²) in [7, 11) is 0. The van der Waals surface area contributed by atoms with E-state index in [1.54, 1.807) is 11.1 Å². The third-order valence-corrected chi connectivity index (χ3v) is 2.90. The number of aromatic nitrogens is 2. The number of nitrogens with two attached hydrogens (primary N) is 1. The van der Waals surface area contributed by atoms with Crippen LogP contribution in [0.4, 0.5) is 0 Å². The van der Waals surface area contributed by atoms with Gasteiger partial charge in [0.25, 0.3) is 5.91 Å². The molecule has 1 amide bonds. The van der Waals surface area contributed by atoms with Gasteiger partial charge in [0.15, 0.2) is 0 Å². The molecule has 2 rings (SSSR count). The lowest BCUT2D eigenvalue weighted by Crippen LogP contribution is -2.35. The Morgan fingerprint density at radius 2 is 1.82 bits per heavy atom. The molecule has 0 radical (unpaired) electrons. The fourth-order valence-corrected chi connectivity index (χ4v) is 1.88. The van der Waals surface area contributed by atoms with E-state index in [0.717, 1.165) is 11.3 Å². The fourth-order valence-electron chi connectivity index (χ4n) is 1.88. The van der Waals surface area contributed by atoms with Crippen LogP contribution >= 0.6 is 24.8 Å². The van der Waals surface area contributed by atoms with E-state index in [0.29, 0.717) is 25.3 Å². The quantitative estimate of drug-likeness (QED) is 0.904. The van der Waals surface area contributed by atoms with Gasteiger partial charge in [0, 0.05) is 25.8 Å². The van der Waals surface area contributed by atoms with Crippen molar-refractivity contribution in [1.29, 1.82) is 0 Å². The van der Waals surface area contributed by atoms with Crippen molar-refractivity contribution >= 4 is 30.7 Å². The van der Waals surface area contributed by atoms with E-state index in [2.05, 4.69) is 9.97 Å². The lowest BCUT2D eigenvalue weighted by molar-refractivity contribution is 0.0742. The third kappa shape index (κ3) is 5.60. The molecule has 0 saturated carbocycles. The highest BCUT2D eigenvalue weighted by molar-refractivity contribution is 5.92. The molecular weight excluding hydrogens is 323 g/mol. The second-order valence-electron chi connectivity index (χ2n) is 4.54. The molecule has 0 aliphatic heterocycles. The number of hydrogen-bond donors (Lipinski definition) is 1. The predicted molar refractivity (Wildman–Crippen MR) is 91.5 cm³/mol. The summed E-state index contributed by atoms with van der Waals surface area (Å²) < 4.78 is 0. The first-order valence-corrected chi connectivity index (χ1v) is 6.52. The second kappa shape index (κ2) is 10.1. The first kappa shape index (κ1) is 20.3. The Labute approximate surface area is 142 Å². The minimum absolute atomic E-state index is 0. The summed E-state index contributed by atoms with van der Waals surface area (Å²) in [4.78, 5) is 22.3. The average molecular weight is 343 g/mol. The molecule has 2 N–H and O–H groups in total. The molecule has 2 aromatic rings. The van der Waals surface area contributed by atoms with Crippen LogP contribution in [0.1, 0.15) is 21.7 Å². The van der Waals surface area contributed by atoms with Crippen LogP contribution in [0.25, 0.3) is 0 Å². The monoisotopic (exact) mass is 342 g/mol. The number of carbonyl (C=O) groups is 1. The van der Waals surface area contributed by atoms with Crippen LogP contribution in [0.2, 0.25) is 0 Å². The summed E-state index contributed by atoms with van der Waals surface area (Å²) in [5.41, 5.74) is 7.79. The number of halogens is 2. The summed E-state index contributed by atoms with van der Waals surface area (Å²) in [6.07, 6.45) is 3.10. The molecule has 0 saturated heterocycles. The van der Waals surface area contributed by atoms with E-state index in [1.165, 1.54) is 6.20 Å². The Bertz CT molecular complexity index is 564. The van der Waals surface area contributed by atoms with E-state index >= 15 is 0 Å². The molecular formula is C15H20Cl2N4O. The van der Waals surface area contributed by atoms with Gasteiger partial charge in [0.05, 0.1) is 11.9 Å². The maximum atomic E-state index is 12.4. The zero-order chi connectivity index (χ0) is 14.4. The molecule has 0 atom stereocenters. The van der Waals surface area contributed by atoms with E-state index < -0.39 is 0 Å². The second-order valence-corrected chi connectivity index (χ2v) is 4.54. The number of rotatable bonds is 5. The summed E-state index contributed by atoms with van der Waals surface area (Å²) in [5.74, 6) is -0.146. The van der Waals surface area contributed by atoms with Crippen molar-refractivity contribution in [3.63, 3.8) is 0 Å². The zero-order valence-electron chi connectivity index (χ0n) is 12.3. The Balaban J connectivity index is 0.00000220. The van der Waals surface area contributed by atoms with E-state index in [9.17, 15) is 4.79 Å². The van der Waals surface area contributed by atoms with Crippen LogP contribution in [-0.4, -0.2) is 33.9 Å². The molecule has 0 bridgehead atoms. The first-order chi connectivity index (χ1) is 9.70. The number of nitrogens with zero attached hydrogens (tertiary/aromatic N) is 3. The predicted octanol–water partition coefficient (Wildman–Crippen LogP) is 2.23. The molecule has 1 aromatic heterocycles. The molecule has 1 heterocycles. The Morgan fingerprint density at radius 3 is 2.36 bits per heavy atom. The zero-order valence-corrected chi connectivity index (χ0v) is 13.9. The molecule has 22 heavy (non-hydrogen) atoms. The Hall–Kier alpha value is -1.69. The maximum Gasteiger partial charge on any atom is 0.274 e. The molecule has 0 spiro atoms. The Morgan fingerprint density at radius 1 is 1.14 bits per heavy atom. The van der Waals surface area contributed by atoms with Gasteiger partial charge < -0.3 is 10.6 Å². The molecule has 0 unspecified atom stereocenters. The minimum Gasteiger partial charge on any atom is -0.332 e. The van der Waals surface area contributed by atoms with E-state index in [1.807, 2.05) is 37.3 Å². The molecule has 0 aliphatic carbocycles. The van der Waals surface area contributed by atoms with Gasteiger partial charge in [0.1, 0.15) is 5.69 Å². The van der Waals surface area contributed by atoms with Gasteiger partial charge in [-0.25, -0.2) is 4.98 Å². The van der Waals surface area contributed by atoms with Gasteiger partial charge in [-0.2, -0.15) is 0 Å². The number of amides is 1. The molecule has 120 valence electrons. The largest absolute Gasteiger partial charge is 0.332 e. The fraction of sp³-hybridized carbons (Fsp3) is 0.267. The molecule has 0 aliphatic rings. The van der Waals surface area contributed by atoms with Crippen LogP contribution < -0.4 is 5.73 Å². The van der Waals surface area contributed by atoms with Crippen LogP contribution in [0.15, 0.2) is 42.7 Å². The summed E-state index contributed by atoms with van der Waals surface area (Å²) >= 11 is 0. The third-order valence-electron chi connectivity index (χ3n) is 2.90. The van der Waals surface area contributed by atoms with Crippen LogP contribution in [0.3, 0.4) is 0 Å². The van der Waals surface area contributed by atoms with Crippen LogP contribution in [0.5, 0.6) is 0 Å². The van der Waals surface area contributed by atoms with Gasteiger partial charge in [-0.1, -0.05) is 30.3 Å². The van der Waals surface area contributed by atoms with Crippen molar-refractivity contribution in [3.8, 4) is 0 Å². The normalized spacial score (nSPS) is 9.36. The minimum atomic E-state index is -0.146. The molecule has 7 heteroatoms. The maximum absolute atomic E-state index is 12.4. The van der Waals surface area contributed by atoms with Crippen molar-refractivity contribution in [2.45, 2.75) is 13.5 Å². The standard InChI is InChI=1S/C15H18N4O.2ClH/c1-12-9-18-14(10-17-12)15(20)19(8-7-16)11-13-5-3-2-4-6-13;;/h2-6,9-10H,7-8,11,16H2,1H3;2*1H. The molecule has 5 nitrogen and oxygen atoms in total. The van der Waals surface area contributed by atoms with Gasteiger partial charge in [-0.15, -0.1) is 24.8 Å². The summed E-state index contributed by atoms with van der Waals surface area (Å²) in [6, 6.07) is 9.82. The van der Waals surface area contributed by atoms with Gasteiger partial charge >= 0.3 is 0 Å². The Kier molecular flexibility index (Phi) is 9.33. The molecule has 0 fully saturated rings. The number of aryl methyl sites for hydroxylation is 1. The van der Waals surface area contributed by atoms with Crippen LogP contribution in [-0.2, 0) is 6.54 Å². The lowest BCUT2D eigenvalue weighted by Gasteiger charge is -2.21. The van der Waals surface area contributed by atoms with Gasteiger partial charge in [0.2, 0.25) is 0 Å². The smallest absolute Gasteiger partial charge is 0.274 e. The van der Waals surface area contributed by atoms with Crippen molar-refractivity contribution in [2.24, 2.45) is 5.73 Å². The van der Waals surface area contributed by atoms with E-state index in [-0.39, 0.29) is 30.7 Å². The summed E-state index contributed by atoms with van der Waals surface area (Å²) in [6.45, 7) is 3.26. The van der Waals surface area contributed by atoms with Crippen molar-refractivity contribution in [2.75, 3.05) is 13.1 Å². The number of hydrogen-bond acceptors (Lipinski definition) is 4. The number of benzene rings is 1. The van der Waals surface area contributed by atoms with Crippen molar-refractivity contribution in [3.05, 3.63) is 59.7 Å². The highest BCUT2D eigenvalue weighted by Crippen LogP contribution is 2.08. The highest BCUT2D eigenvalue weighted by atomic mass is 35.5. The van der Waals surface area contributed by atoms with Crippen molar-refractivity contribution in [1.82, 2.24) is 14.9 Å². The van der Waals surface area contributed by atoms with Crippen LogP contribution in [0, 0.1) is 6.92 Å². The topological polar surface area (TPSA) is 72.1 Å². The van der Waals surface area contributed by atoms with Gasteiger partial charge in [-0.05, 0) is 12.5 Å². The SMILES string of the molecule is Cc1cnc(C(=O)N(CCN)Cc2ccccc2)cn1.Cl.Cl. The molecule has 1 aromatic carbocycles. The number of carbonyl (C=O) groups excluding carboxylic acids is 1. The van der Waals surface area contributed by atoms with E-state index in [4.69, 9.17) is 5.73 Å².